The lowest BCUT2D eigenvalue weighted by atomic mass is 9.93. The fourth-order valence-electron chi connectivity index (χ4n) is 1.33. The van der Waals surface area contributed by atoms with Gasteiger partial charge in [-0.15, -0.1) is 10.2 Å². The number of rotatable bonds is 2. The van der Waals surface area contributed by atoms with E-state index >= 15 is 0 Å². The molecule has 4 nitrogen and oxygen atoms in total. The Kier molecular flexibility index (Phi) is 3.07. The van der Waals surface area contributed by atoms with E-state index in [-0.39, 0.29) is 27.8 Å². The van der Waals surface area contributed by atoms with Crippen molar-refractivity contribution in [3.05, 3.63) is 21.9 Å². The number of carbonyl (C=O) groups excluding carboxylic acids is 1. The summed E-state index contributed by atoms with van der Waals surface area (Å²) >= 11 is 11.4. The molecular formula is C9H9Cl2N3O. The molecule has 2 rings (SSSR count). The average Bonchev–Trinajstić information content (AvgIpc) is 2.15. The molecule has 1 heterocycles. The summed E-state index contributed by atoms with van der Waals surface area (Å²) in [7, 11) is 0. The van der Waals surface area contributed by atoms with Crippen LogP contribution in [0.15, 0.2) is 6.07 Å². The first-order valence-electron chi connectivity index (χ1n) is 4.66. The highest BCUT2D eigenvalue weighted by molar-refractivity contribution is 6.34. The lowest BCUT2D eigenvalue weighted by Gasteiger charge is -2.26. The minimum atomic E-state index is -0.235. The van der Waals surface area contributed by atoms with Gasteiger partial charge in [0, 0.05) is 6.04 Å². The van der Waals surface area contributed by atoms with Crippen molar-refractivity contribution in [2.75, 3.05) is 0 Å². The van der Waals surface area contributed by atoms with Gasteiger partial charge in [0.25, 0.3) is 5.91 Å². The van der Waals surface area contributed by atoms with Crippen molar-refractivity contribution in [2.24, 2.45) is 0 Å². The van der Waals surface area contributed by atoms with Crippen LogP contribution in [-0.2, 0) is 0 Å². The van der Waals surface area contributed by atoms with Crippen LogP contribution in [0.5, 0.6) is 0 Å². The van der Waals surface area contributed by atoms with Crippen molar-refractivity contribution in [1.82, 2.24) is 15.5 Å². The third-order valence-corrected chi connectivity index (χ3v) is 2.87. The Bertz CT molecular complexity index is 393. The Labute approximate surface area is 97.0 Å². The fourth-order valence-corrected chi connectivity index (χ4v) is 1.65. The zero-order valence-corrected chi connectivity index (χ0v) is 9.35. The number of nitrogens with zero attached hydrogens (tertiary/aromatic N) is 2. The number of carbonyl (C=O) groups is 1. The van der Waals surface area contributed by atoms with Crippen LogP contribution in [0.4, 0.5) is 0 Å². The Morgan fingerprint density at radius 3 is 2.73 bits per heavy atom. The van der Waals surface area contributed by atoms with Crippen molar-refractivity contribution in [3.8, 4) is 0 Å². The summed E-state index contributed by atoms with van der Waals surface area (Å²) < 4.78 is 0. The van der Waals surface area contributed by atoms with E-state index < -0.39 is 0 Å². The zero-order valence-electron chi connectivity index (χ0n) is 7.83. The molecule has 0 spiro atoms. The van der Waals surface area contributed by atoms with Gasteiger partial charge in [-0.3, -0.25) is 4.79 Å². The molecule has 1 amide bonds. The first-order valence-corrected chi connectivity index (χ1v) is 5.42. The maximum absolute atomic E-state index is 11.7. The molecule has 0 aliphatic heterocycles. The van der Waals surface area contributed by atoms with Crippen LogP contribution in [0.2, 0.25) is 10.3 Å². The minimum absolute atomic E-state index is 0.0798. The largest absolute Gasteiger partial charge is 0.349 e. The van der Waals surface area contributed by atoms with Gasteiger partial charge in [0.1, 0.15) is 0 Å². The predicted octanol–water partition coefficient (Wildman–Crippen LogP) is 2.07. The minimum Gasteiger partial charge on any atom is -0.349 e. The monoisotopic (exact) mass is 245 g/mol. The molecule has 1 aliphatic rings. The summed E-state index contributed by atoms with van der Waals surface area (Å²) in [5.41, 5.74) is 0.281. The highest BCUT2D eigenvalue weighted by Crippen LogP contribution is 2.20. The number of aromatic nitrogens is 2. The summed E-state index contributed by atoms with van der Waals surface area (Å²) in [5, 5.41) is 10.2. The molecule has 0 radical (unpaired) electrons. The van der Waals surface area contributed by atoms with Crippen LogP contribution in [0, 0.1) is 0 Å². The average molecular weight is 246 g/mol. The summed E-state index contributed by atoms with van der Waals surface area (Å²) in [6.45, 7) is 0. The Morgan fingerprint density at radius 1 is 1.40 bits per heavy atom. The van der Waals surface area contributed by atoms with E-state index in [1.807, 2.05) is 0 Å². The van der Waals surface area contributed by atoms with Gasteiger partial charge in [-0.2, -0.15) is 0 Å². The first kappa shape index (κ1) is 10.6. The normalized spacial score (nSPS) is 15.9. The molecule has 6 heteroatoms. The fraction of sp³-hybridized carbons (Fsp3) is 0.444. The van der Waals surface area contributed by atoms with Crippen LogP contribution in [0.25, 0.3) is 0 Å². The summed E-state index contributed by atoms with van der Waals surface area (Å²) in [5.74, 6) is -0.235. The van der Waals surface area contributed by atoms with Crippen LogP contribution >= 0.6 is 23.2 Å². The number of amides is 1. The first-order chi connectivity index (χ1) is 7.16. The molecule has 80 valence electrons. The molecule has 0 atom stereocenters. The van der Waals surface area contributed by atoms with Crippen molar-refractivity contribution < 1.29 is 4.79 Å². The Morgan fingerprint density at radius 2 is 2.13 bits per heavy atom. The summed E-state index contributed by atoms with van der Waals surface area (Å²) in [6.07, 6.45) is 3.21. The summed E-state index contributed by atoms with van der Waals surface area (Å²) in [6, 6.07) is 1.69. The molecule has 15 heavy (non-hydrogen) atoms. The van der Waals surface area contributed by atoms with E-state index in [4.69, 9.17) is 23.2 Å². The molecular weight excluding hydrogens is 237 g/mol. The lowest BCUT2D eigenvalue weighted by molar-refractivity contribution is 0.0916. The number of hydrogen-bond acceptors (Lipinski definition) is 3. The molecule has 1 aromatic rings. The van der Waals surface area contributed by atoms with E-state index in [1.54, 1.807) is 0 Å². The van der Waals surface area contributed by atoms with E-state index in [2.05, 4.69) is 15.5 Å². The zero-order chi connectivity index (χ0) is 10.8. The second-order valence-corrected chi connectivity index (χ2v) is 4.22. The van der Waals surface area contributed by atoms with Gasteiger partial charge >= 0.3 is 0 Å². The SMILES string of the molecule is O=C(NC1CCC1)c1cc(Cl)nnc1Cl. The van der Waals surface area contributed by atoms with Gasteiger partial charge in [0.05, 0.1) is 5.56 Å². The van der Waals surface area contributed by atoms with Gasteiger partial charge < -0.3 is 5.32 Å². The molecule has 0 unspecified atom stereocenters. The number of halogens is 2. The van der Waals surface area contributed by atoms with E-state index in [1.165, 1.54) is 6.07 Å². The quantitative estimate of drug-likeness (QED) is 0.868. The molecule has 1 aromatic heterocycles. The van der Waals surface area contributed by atoms with Crippen LogP contribution in [0.1, 0.15) is 29.6 Å². The highest BCUT2D eigenvalue weighted by atomic mass is 35.5. The lowest BCUT2D eigenvalue weighted by Crippen LogP contribution is -2.39. The van der Waals surface area contributed by atoms with E-state index in [0.29, 0.717) is 0 Å². The van der Waals surface area contributed by atoms with Crippen LogP contribution < -0.4 is 5.32 Å². The summed E-state index contributed by atoms with van der Waals surface area (Å²) in [4.78, 5) is 11.7. The van der Waals surface area contributed by atoms with Gasteiger partial charge in [0.15, 0.2) is 10.3 Å². The standard InChI is InChI=1S/C9H9Cl2N3O/c10-7-4-6(8(11)14-13-7)9(15)12-5-2-1-3-5/h4-5H,1-3H2,(H,12,15). The highest BCUT2D eigenvalue weighted by Gasteiger charge is 2.21. The second kappa shape index (κ2) is 4.33. The smallest absolute Gasteiger partial charge is 0.254 e. The number of hydrogen-bond donors (Lipinski definition) is 1. The van der Waals surface area contributed by atoms with Gasteiger partial charge in [-0.25, -0.2) is 0 Å². The van der Waals surface area contributed by atoms with E-state index in [9.17, 15) is 4.79 Å². The van der Waals surface area contributed by atoms with Gasteiger partial charge in [-0.05, 0) is 25.3 Å². The molecule has 1 aliphatic carbocycles. The van der Waals surface area contributed by atoms with Crippen LogP contribution in [-0.4, -0.2) is 22.1 Å². The predicted molar refractivity (Wildman–Crippen MR) is 57.2 cm³/mol. The molecule has 0 aromatic carbocycles. The maximum Gasteiger partial charge on any atom is 0.254 e. The Hall–Kier alpha value is -0.870. The van der Waals surface area contributed by atoms with Crippen molar-refractivity contribution in [2.45, 2.75) is 25.3 Å². The topological polar surface area (TPSA) is 54.9 Å². The second-order valence-electron chi connectivity index (χ2n) is 3.47. The molecule has 0 bridgehead atoms. The third kappa shape index (κ3) is 2.38. The third-order valence-electron chi connectivity index (χ3n) is 2.40. The van der Waals surface area contributed by atoms with Gasteiger partial charge in [-0.1, -0.05) is 23.2 Å². The van der Waals surface area contributed by atoms with Gasteiger partial charge in [0.2, 0.25) is 0 Å². The molecule has 1 N–H and O–H groups in total. The molecule has 0 saturated heterocycles. The van der Waals surface area contributed by atoms with Crippen molar-refractivity contribution >= 4 is 29.1 Å². The maximum atomic E-state index is 11.7. The Balaban J connectivity index is 2.12. The van der Waals surface area contributed by atoms with Crippen molar-refractivity contribution in [1.29, 1.82) is 0 Å². The van der Waals surface area contributed by atoms with E-state index in [0.717, 1.165) is 19.3 Å². The molecule has 1 fully saturated rings. The van der Waals surface area contributed by atoms with Crippen molar-refractivity contribution in [3.63, 3.8) is 0 Å². The molecule has 1 saturated carbocycles. The van der Waals surface area contributed by atoms with Crippen LogP contribution in [0.3, 0.4) is 0 Å². The number of nitrogens with one attached hydrogen (secondary N) is 1.